The fraction of sp³-hybridized carbons (Fsp3) is 0. The first kappa shape index (κ1) is 29.3. The zero-order valence-corrected chi connectivity index (χ0v) is 28.0. The number of thiophene rings is 1. The highest BCUT2D eigenvalue weighted by atomic mass is 32.1. The summed E-state index contributed by atoms with van der Waals surface area (Å²) in [6.07, 6.45) is 0. The Balaban J connectivity index is 1.12. The van der Waals surface area contributed by atoms with Gasteiger partial charge in [-0.15, -0.1) is 11.3 Å². The minimum absolute atomic E-state index is 0.639. The van der Waals surface area contributed by atoms with Crippen molar-refractivity contribution in [1.82, 2.24) is 24.9 Å². The van der Waals surface area contributed by atoms with E-state index in [1.54, 1.807) is 11.3 Å². The van der Waals surface area contributed by atoms with E-state index in [2.05, 4.69) is 97.1 Å². The lowest BCUT2D eigenvalue weighted by atomic mass is 9.95. The van der Waals surface area contributed by atoms with E-state index < -0.39 is 0 Å². The summed E-state index contributed by atoms with van der Waals surface area (Å²) in [4.78, 5) is 25.2. The molecular formula is C45H27N5S. The second kappa shape index (κ2) is 12.1. The van der Waals surface area contributed by atoms with E-state index in [1.165, 1.54) is 14.8 Å². The van der Waals surface area contributed by atoms with E-state index in [-0.39, 0.29) is 0 Å². The third-order valence-electron chi connectivity index (χ3n) is 9.33. The molecular weight excluding hydrogens is 643 g/mol. The van der Waals surface area contributed by atoms with Gasteiger partial charge in [-0.1, -0.05) is 127 Å². The van der Waals surface area contributed by atoms with Crippen molar-refractivity contribution >= 4 is 53.3 Å². The van der Waals surface area contributed by atoms with Crippen LogP contribution >= 0.6 is 11.3 Å². The van der Waals surface area contributed by atoms with Gasteiger partial charge in [-0.25, -0.2) is 24.9 Å². The van der Waals surface area contributed by atoms with Gasteiger partial charge in [0.15, 0.2) is 17.5 Å². The quantitative estimate of drug-likeness (QED) is 0.182. The fourth-order valence-corrected chi connectivity index (χ4v) is 7.90. The van der Waals surface area contributed by atoms with Crippen LogP contribution in [0.2, 0.25) is 0 Å². The van der Waals surface area contributed by atoms with E-state index in [1.807, 2.05) is 66.7 Å². The lowest BCUT2D eigenvalue weighted by Gasteiger charge is -2.13. The highest BCUT2D eigenvalue weighted by molar-refractivity contribution is 7.25. The molecule has 0 radical (unpaired) electrons. The van der Waals surface area contributed by atoms with Crippen LogP contribution in [0.3, 0.4) is 0 Å². The Morgan fingerprint density at radius 2 is 1.04 bits per heavy atom. The topological polar surface area (TPSA) is 64.5 Å². The van der Waals surface area contributed by atoms with Crippen molar-refractivity contribution in [3.63, 3.8) is 0 Å². The van der Waals surface area contributed by atoms with E-state index in [4.69, 9.17) is 24.9 Å². The SMILES string of the molecule is c1ccc(-c2nc(-c3ccccc3)nc(-c3cccc4cc(-c5cc(-c6ccc7sc8ccccc8c7n6)nc6ccccc56)ccc34)n2)cc1. The Labute approximate surface area is 297 Å². The maximum atomic E-state index is 5.16. The molecule has 10 rings (SSSR count). The molecule has 238 valence electrons. The lowest BCUT2D eigenvalue weighted by molar-refractivity contribution is 1.08. The van der Waals surface area contributed by atoms with Crippen molar-refractivity contribution in [2.45, 2.75) is 0 Å². The van der Waals surface area contributed by atoms with Gasteiger partial charge < -0.3 is 0 Å². The summed E-state index contributed by atoms with van der Waals surface area (Å²) in [6.45, 7) is 0. The number of aromatic nitrogens is 5. The van der Waals surface area contributed by atoms with Crippen molar-refractivity contribution in [3.05, 3.63) is 164 Å². The Bertz CT molecular complexity index is 2860. The third kappa shape index (κ3) is 5.21. The number of pyridine rings is 2. The average molecular weight is 670 g/mol. The molecule has 4 heterocycles. The predicted molar refractivity (Wildman–Crippen MR) is 210 cm³/mol. The number of fused-ring (bicyclic) bond motifs is 5. The third-order valence-corrected chi connectivity index (χ3v) is 10.5. The molecule has 4 aromatic heterocycles. The highest BCUT2D eigenvalue weighted by Crippen LogP contribution is 2.38. The number of para-hydroxylation sites is 1. The van der Waals surface area contributed by atoms with E-state index in [0.29, 0.717) is 17.5 Å². The molecule has 5 nitrogen and oxygen atoms in total. The molecule has 0 spiro atoms. The van der Waals surface area contributed by atoms with Crippen LogP contribution in [0.25, 0.3) is 98.7 Å². The predicted octanol–water partition coefficient (Wildman–Crippen LogP) is 11.7. The molecule has 6 heteroatoms. The van der Waals surface area contributed by atoms with Crippen molar-refractivity contribution in [3.8, 4) is 56.7 Å². The van der Waals surface area contributed by atoms with Gasteiger partial charge in [0.25, 0.3) is 0 Å². The van der Waals surface area contributed by atoms with Gasteiger partial charge in [-0.05, 0) is 58.3 Å². The number of nitrogens with zero attached hydrogens (tertiary/aromatic N) is 5. The molecule has 51 heavy (non-hydrogen) atoms. The molecule has 0 fully saturated rings. The Kier molecular flexibility index (Phi) is 6.93. The molecule has 0 aliphatic heterocycles. The van der Waals surface area contributed by atoms with Gasteiger partial charge >= 0.3 is 0 Å². The van der Waals surface area contributed by atoms with Crippen LogP contribution in [0.1, 0.15) is 0 Å². The molecule has 0 atom stereocenters. The summed E-state index contributed by atoms with van der Waals surface area (Å²) in [7, 11) is 0. The van der Waals surface area contributed by atoms with E-state index in [9.17, 15) is 0 Å². The maximum absolute atomic E-state index is 5.16. The van der Waals surface area contributed by atoms with Gasteiger partial charge in [-0.2, -0.15) is 0 Å². The number of hydrogen-bond donors (Lipinski definition) is 0. The molecule has 0 aliphatic rings. The van der Waals surface area contributed by atoms with Crippen LogP contribution in [-0.2, 0) is 0 Å². The summed E-state index contributed by atoms with van der Waals surface area (Å²) < 4.78 is 2.42. The van der Waals surface area contributed by atoms with Gasteiger partial charge in [0, 0.05) is 32.2 Å². The zero-order valence-electron chi connectivity index (χ0n) is 27.2. The minimum Gasteiger partial charge on any atom is -0.246 e. The molecule has 10 aromatic rings. The van der Waals surface area contributed by atoms with E-state index >= 15 is 0 Å². The van der Waals surface area contributed by atoms with Crippen molar-refractivity contribution < 1.29 is 0 Å². The van der Waals surface area contributed by atoms with Crippen molar-refractivity contribution in [2.24, 2.45) is 0 Å². The average Bonchev–Trinajstić information content (AvgIpc) is 3.58. The molecule has 0 bridgehead atoms. The van der Waals surface area contributed by atoms with Crippen LogP contribution in [0.4, 0.5) is 0 Å². The maximum Gasteiger partial charge on any atom is 0.164 e. The summed E-state index contributed by atoms with van der Waals surface area (Å²) in [6, 6.07) is 56.4. The highest BCUT2D eigenvalue weighted by Gasteiger charge is 2.16. The van der Waals surface area contributed by atoms with Crippen LogP contribution in [-0.4, -0.2) is 24.9 Å². The van der Waals surface area contributed by atoms with Crippen LogP contribution < -0.4 is 0 Å². The first-order valence-corrected chi connectivity index (χ1v) is 17.7. The second-order valence-corrected chi connectivity index (χ2v) is 13.6. The Hall–Kier alpha value is -6.63. The Morgan fingerprint density at radius 1 is 0.353 bits per heavy atom. The summed E-state index contributed by atoms with van der Waals surface area (Å²) in [5.41, 5.74) is 8.72. The standard InChI is InChI=1S/C45H27N5S/c1-3-12-28(13-4-1)43-48-44(29-14-5-2-6-15-29)50-45(49-43)34-19-11-16-30-26-31(22-23-32(30)34)36-27-39(46-37-20-9-7-17-33(36)37)38-24-25-41-42(47-38)35-18-8-10-21-40(35)51-41/h1-27H. The summed E-state index contributed by atoms with van der Waals surface area (Å²) >= 11 is 1.77. The molecule has 0 N–H and O–H groups in total. The molecule has 0 aliphatic carbocycles. The minimum atomic E-state index is 0.639. The zero-order chi connectivity index (χ0) is 33.7. The van der Waals surface area contributed by atoms with Crippen molar-refractivity contribution in [1.29, 1.82) is 0 Å². The van der Waals surface area contributed by atoms with Gasteiger partial charge in [0.1, 0.15) is 0 Å². The monoisotopic (exact) mass is 669 g/mol. The Morgan fingerprint density at radius 3 is 1.82 bits per heavy atom. The molecule has 0 amide bonds. The normalized spacial score (nSPS) is 11.5. The molecule has 6 aromatic carbocycles. The van der Waals surface area contributed by atoms with Gasteiger partial charge in [0.05, 0.1) is 27.1 Å². The largest absolute Gasteiger partial charge is 0.246 e. The molecule has 0 unspecified atom stereocenters. The molecule has 0 saturated heterocycles. The summed E-state index contributed by atoms with van der Waals surface area (Å²) in [5.74, 6) is 1.93. The first-order chi connectivity index (χ1) is 25.2. The van der Waals surface area contributed by atoms with Gasteiger partial charge in [0.2, 0.25) is 0 Å². The van der Waals surface area contributed by atoms with Crippen LogP contribution in [0.15, 0.2) is 164 Å². The van der Waals surface area contributed by atoms with Crippen LogP contribution in [0.5, 0.6) is 0 Å². The number of rotatable bonds is 5. The summed E-state index contributed by atoms with van der Waals surface area (Å²) in [5, 5.41) is 4.44. The second-order valence-electron chi connectivity index (χ2n) is 12.5. The first-order valence-electron chi connectivity index (χ1n) is 16.8. The van der Waals surface area contributed by atoms with Gasteiger partial charge in [-0.3, -0.25) is 0 Å². The number of benzene rings is 6. The van der Waals surface area contributed by atoms with E-state index in [0.717, 1.165) is 66.4 Å². The number of hydrogen-bond acceptors (Lipinski definition) is 6. The lowest BCUT2D eigenvalue weighted by Crippen LogP contribution is -2.00. The van der Waals surface area contributed by atoms with Crippen molar-refractivity contribution in [2.75, 3.05) is 0 Å². The fourth-order valence-electron chi connectivity index (χ4n) is 6.85. The van der Waals surface area contributed by atoms with Crippen LogP contribution in [0, 0.1) is 0 Å². The smallest absolute Gasteiger partial charge is 0.164 e. The molecule has 0 saturated carbocycles.